The number of benzene rings is 6. The van der Waals surface area contributed by atoms with E-state index >= 15 is 0 Å². The molecular weight excluding hydrogens is 1280 g/mol. The van der Waals surface area contributed by atoms with Gasteiger partial charge in [0.25, 0.3) is 17.7 Å². The van der Waals surface area contributed by atoms with Gasteiger partial charge in [-0.15, -0.1) is 0 Å². The lowest BCUT2D eigenvalue weighted by Gasteiger charge is -2.25. The molecule has 3 aliphatic heterocycles. The summed E-state index contributed by atoms with van der Waals surface area (Å²) in [6.45, 7) is 26.9. The minimum Gasteiger partial charge on any atom is -0.508 e. The van der Waals surface area contributed by atoms with E-state index in [1.807, 2.05) is 19.1 Å². The fraction of sp³-hybridized carbons (Fsp3) is 0.393. The first-order chi connectivity index (χ1) is 48.5. The van der Waals surface area contributed by atoms with E-state index in [2.05, 4.69) is 116 Å². The van der Waals surface area contributed by atoms with Crippen molar-refractivity contribution in [3.63, 3.8) is 0 Å². The van der Waals surface area contributed by atoms with E-state index in [0.717, 1.165) is 88.5 Å². The summed E-state index contributed by atoms with van der Waals surface area (Å²) in [5.74, 6) is -0.425. The molecule has 6 aromatic rings. The molecular formula is C84H108N6O12. The van der Waals surface area contributed by atoms with Crippen LogP contribution >= 0.6 is 0 Å². The van der Waals surface area contributed by atoms with Crippen molar-refractivity contribution in [1.29, 1.82) is 0 Å². The highest BCUT2D eigenvalue weighted by Gasteiger charge is 2.34. The van der Waals surface area contributed by atoms with E-state index in [0.29, 0.717) is 52.1 Å². The molecule has 3 heterocycles. The van der Waals surface area contributed by atoms with E-state index in [1.165, 1.54) is 112 Å². The Morgan fingerprint density at radius 1 is 0.363 bits per heavy atom. The number of anilines is 9. The number of nitrogens with zero attached hydrogens (tertiary/aromatic N) is 3. The molecule has 0 fully saturated rings. The lowest BCUT2D eigenvalue weighted by Crippen LogP contribution is -2.32. The monoisotopic (exact) mass is 1390 g/mol. The summed E-state index contributed by atoms with van der Waals surface area (Å²) in [6.07, 6.45) is 29.0. The Kier molecular flexibility index (Phi) is 29.0. The highest BCUT2D eigenvalue weighted by Crippen LogP contribution is 2.49. The highest BCUT2D eigenvalue weighted by atomic mass is 16.3. The molecule has 18 nitrogen and oxygen atoms in total. The van der Waals surface area contributed by atoms with Crippen LogP contribution in [-0.4, -0.2) is 83.3 Å². The Morgan fingerprint density at radius 2 is 0.696 bits per heavy atom. The number of nitrogens with one attached hydrogen (secondary N) is 3. The maximum atomic E-state index is 13.4. The predicted octanol–water partition coefficient (Wildman–Crippen LogP) is 21.0. The topological polar surface area (TPSA) is 279 Å². The molecule has 2 atom stereocenters. The number of carbonyl (C=O) groups excluding carboxylic acids is 3. The fourth-order valence-corrected chi connectivity index (χ4v) is 12.6. The van der Waals surface area contributed by atoms with Crippen LogP contribution in [0.1, 0.15) is 210 Å². The number of carbonyl (C=O) groups is 3. The van der Waals surface area contributed by atoms with Crippen LogP contribution in [0, 0.1) is 17.8 Å². The summed E-state index contributed by atoms with van der Waals surface area (Å²) >= 11 is 0. The van der Waals surface area contributed by atoms with Gasteiger partial charge >= 0.3 is 0 Å². The molecule has 0 aromatic heterocycles. The van der Waals surface area contributed by atoms with Gasteiger partial charge in [-0.3, -0.25) is 14.4 Å². The molecule has 0 saturated heterocycles. The second-order valence-electron chi connectivity index (χ2n) is 28.5. The molecule has 102 heavy (non-hydrogen) atoms. The first-order valence-corrected chi connectivity index (χ1v) is 35.8. The lowest BCUT2D eigenvalue weighted by atomic mass is 9.97. The van der Waals surface area contributed by atoms with Crippen molar-refractivity contribution in [2.24, 2.45) is 17.8 Å². The number of aromatic hydroxyl groups is 9. The van der Waals surface area contributed by atoms with Crippen LogP contribution in [0.15, 0.2) is 161 Å². The van der Waals surface area contributed by atoms with E-state index < -0.39 is 0 Å². The van der Waals surface area contributed by atoms with Crippen LogP contribution in [0.25, 0.3) is 0 Å². The number of phenols is 9. The van der Waals surface area contributed by atoms with E-state index in [-0.39, 0.29) is 117 Å². The normalized spacial score (nSPS) is 14.0. The smallest absolute Gasteiger partial charge is 0.260 e. The zero-order chi connectivity index (χ0) is 74.5. The molecule has 0 bridgehead atoms. The second kappa shape index (κ2) is 37.4. The fourth-order valence-electron chi connectivity index (χ4n) is 12.6. The molecule has 546 valence electrons. The zero-order valence-electron chi connectivity index (χ0n) is 61.7. The third-order valence-electron chi connectivity index (χ3n) is 18.6. The first kappa shape index (κ1) is 79.1. The Balaban J connectivity index is 0.000000214. The maximum Gasteiger partial charge on any atom is 0.260 e. The van der Waals surface area contributed by atoms with Gasteiger partial charge in [0.1, 0.15) is 68.8 Å². The van der Waals surface area contributed by atoms with Crippen molar-refractivity contribution in [3.8, 4) is 51.7 Å². The number of allylic oxidation sites excluding steroid dienone is 10. The number of fused-ring (bicyclic) bond motifs is 6. The number of amides is 3. The first-order valence-electron chi connectivity index (χ1n) is 35.8. The van der Waals surface area contributed by atoms with Gasteiger partial charge in [-0.05, 0) is 193 Å². The SMILES string of the molecule is C/C(=C\CN1C(=O)c2cccc(O)c2Nc2c(O)cc(O)cc21)CC/C=C(\C)CCCC(C)C.CC(C)=CCC/C(C)=C/CCC(C)CCN1C(=O)c2cccc(O)c2Nc2c(O)cc(O)cc21.CC(C)=CCCC(C)CCC/C(C)=C/CN1C(=O)c2cccc(O)c2Nc2c(O)cc(O)cc21. The van der Waals surface area contributed by atoms with E-state index in [1.54, 1.807) is 41.3 Å². The Morgan fingerprint density at radius 3 is 1.12 bits per heavy atom. The van der Waals surface area contributed by atoms with E-state index in [9.17, 15) is 60.3 Å². The summed E-state index contributed by atoms with van der Waals surface area (Å²) in [7, 11) is 0. The number of phenolic OH excluding ortho intramolecular Hbond substituents is 9. The van der Waals surface area contributed by atoms with Gasteiger partial charge in [-0.2, -0.15) is 0 Å². The average Bonchev–Trinajstić information content (AvgIpc) is 1.63. The molecule has 6 aromatic carbocycles. The second-order valence-corrected chi connectivity index (χ2v) is 28.5. The molecule has 0 spiro atoms. The summed E-state index contributed by atoms with van der Waals surface area (Å²) in [4.78, 5) is 44.9. The Bertz CT molecular complexity index is 4130. The molecule has 2 unspecified atom stereocenters. The van der Waals surface area contributed by atoms with Crippen molar-refractivity contribution in [2.45, 2.75) is 179 Å². The van der Waals surface area contributed by atoms with Crippen LogP contribution in [-0.2, 0) is 0 Å². The summed E-state index contributed by atoms with van der Waals surface area (Å²) < 4.78 is 0. The maximum absolute atomic E-state index is 13.4. The summed E-state index contributed by atoms with van der Waals surface area (Å²) in [6, 6.07) is 22.2. The van der Waals surface area contributed by atoms with Crippen LogP contribution in [0.3, 0.4) is 0 Å². The van der Waals surface area contributed by atoms with Crippen molar-refractivity contribution in [3.05, 3.63) is 178 Å². The van der Waals surface area contributed by atoms with Gasteiger partial charge in [0.2, 0.25) is 0 Å². The van der Waals surface area contributed by atoms with Gasteiger partial charge in [-0.1, -0.05) is 129 Å². The molecule has 12 N–H and O–H groups in total. The minimum atomic E-state index is -0.327. The number of rotatable bonds is 27. The number of para-hydroxylation sites is 3. The van der Waals surface area contributed by atoms with Crippen LogP contribution in [0.2, 0.25) is 0 Å². The van der Waals surface area contributed by atoms with Crippen molar-refractivity contribution in [2.75, 3.05) is 50.3 Å². The molecule has 18 heteroatoms. The van der Waals surface area contributed by atoms with Crippen LogP contribution < -0.4 is 30.7 Å². The largest absolute Gasteiger partial charge is 0.508 e. The van der Waals surface area contributed by atoms with Gasteiger partial charge in [0.05, 0.1) is 50.8 Å². The molecule has 0 aliphatic carbocycles. The average molecular weight is 1390 g/mol. The molecule has 9 rings (SSSR count). The predicted molar refractivity (Wildman–Crippen MR) is 415 cm³/mol. The van der Waals surface area contributed by atoms with Gasteiger partial charge < -0.3 is 76.6 Å². The standard InChI is InChI=1S/3C28H36N2O4/c3*1-18(2)8-5-9-19(3)10-6-11-20(4)14-15-30-23-16-21(31)17-25(33)27(23)29-26-22(28(30)34)12-7-13-24(26)32/h7,10,12-14,16-18,29,31-33H,5-6,8-9,11,15H2,1-4H3;7-8,12-14,16-17,19,29,31-33H,5-6,9-11,15H2,1-4H3;7-8,10,12-13,16-17,20,29,31-33H,5-6,9,11,14-15H2,1-4H3/b19-10+,20-14+;20-14+;19-10+. The van der Waals surface area contributed by atoms with Crippen LogP contribution in [0.5, 0.6) is 51.7 Å². The van der Waals surface area contributed by atoms with Gasteiger partial charge in [0, 0.05) is 56.0 Å². The number of hydrogen-bond acceptors (Lipinski definition) is 15. The van der Waals surface area contributed by atoms with Crippen LogP contribution in [0.4, 0.5) is 51.2 Å². The Labute approximate surface area is 603 Å². The van der Waals surface area contributed by atoms with Crippen molar-refractivity contribution in [1.82, 2.24) is 0 Å². The third kappa shape index (κ3) is 22.1. The van der Waals surface area contributed by atoms with Gasteiger partial charge in [0.15, 0.2) is 0 Å². The van der Waals surface area contributed by atoms with Gasteiger partial charge in [-0.25, -0.2) is 0 Å². The summed E-state index contributed by atoms with van der Waals surface area (Å²) in [5.41, 5.74) is 11.4. The van der Waals surface area contributed by atoms with E-state index in [4.69, 9.17) is 0 Å². The molecule has 0 radical (unpaired) electrons. The highest BCUT2D eigenvalue weighted by molar-refractivity contribution is 6.17. The van der Waals surface area contributed by atoms with Crippen molar-refractivity contribution >= 4 is 68.9 Å². The Hall–Kier alpha value is -10.2. The lowest BCUT2D eigenvalue weighted by molar-refractivity contribution is 0.0980. The zero-order valence-corrected chi connectivity index (χ0v) is 61.7. The quantitative estimate of drug-likeness (QED) is 0.0130. The van der Waals surface area contributed by atoms with Crippen molar-refractivity contribution < 1.29 is 60.3 Å². The summed E-state index contributed by atoms with van der Waals surface area (Å²) in [5, 5.41) is 102. The minimum absolute atomic E-state index is 0.0776. The molecule has 0 saturated carbocycles. The third-order valence-corrected chi connectivity index (χ3v) is 18.6. The molecule has 3 amide bonds. The number of hydrogen-bond donors (Lipinski definition) is 12. The molecule has 3 aliphatic rings.